The van der Waals surface area contributed by atoms with Crippen LogP contribution in [0.5, 0.6) is 0 Å². The number of amides is 2. The van der Waals surface area contributed by atoms with Crippen LogP contribution in [-0.2, 0) is 14.3 Å². The highest BCUT2D eigenvalue weighted by molar-refractivity contribution is 9.10. The van der Waals surface area contributed by atoms with E-state index in [-0.39, 0.29) is 18.7 Å². The van der Waals surface area contributed by atoms with E-state index >= 15 is 0 Å². The lowest BCUT2D eigenvalue weighted by Gasteiger charge is -2.08. The number of para-hydroxylation sites is 1. The van der Waals surface area contributed by atoms with Crippen LogP contribution in [0.15, 0.2) is 46.9 Å². The van der Waals surface area contributed by atoms with Gasteiger partial charge in [0.1, 0.15) is 0 Å². The molecule has 3 aromatic rings. The second-order valence-corrected chi connectivity index (χ2v) is 7.28. The van der Waals surface area contributed by atoms with E-state index in [1.165, 1.54) is 0 Å². The van der Waals surface area contributed by atoms with Gasteiger partial charge in [0.25, 0.3) is 11.8 Å². The summed E-state index contributed by atoms with van der Waals surface area (Å²) in [6, 6.07) is 12.2. The monoisotopic (exact) mass is 478 g/mol. The van der Waals surface area contributed by atoms with Crippen molar-refractivity contribution in [1.82, 2.24) is 15.5 Å². The second-order valence-electron chi connectivity index (χ2n) is 5.96. The lowest BCUT2D eigenvalue weighted by atomic mass is 10.2. The fourth-order valence-corrected chi connectivity index (χ4v) is 3.21. The highest BCUT2D eigenvalue weighted by atomic mass is 79.9. The molecule has 0 aliphatic rings. The van der Waals surface area contributed by atoms with Gasteiger partial charge in [-0.2, -0.15) is 5.10 Å². The maximum atomic E-state index is 12.2. The molecule has 0 spiro atoms. The Morgan fingerprint density at radius 2 is 1.97 bits per heavy atom. The Morgan fingerprint density at radius 1 is 1.17 bits per heavy atom. The summed E-state index contributed by atoms with van der Waals surface area (Å²) in [5.74, 6) is -1.54. The number of ether oxygens (including phenoxy) is 1. The Hall–Kier alpha value is -2.91. The SMILES string of the molecule is O=C(COC(=O)CCNC(=O)c1n[nH]c2ccccc12)Nc1ccc(Br)cc1Cl. The van der Waals surface area contributed by atoms with E-state index < -0.39 is 24.4 Å². The van der Waals surface area contributed by atoms with Gasteiger partial charge in [-0.25, -0.2) is 0 Å². The molecule has 150 valence electrons. The summed E-state index contributed by atoms with van der Waals surface area (Å²) in [6.45, 7) is -0.401. The van der Waals surface area contributed by atoms with Crippen molar-refractivity contribution in [3.05, 3.63) is 57.7 Å². The minimum absolute atomic E-state index is 0.0546. The zero-order chi connectivity index (χ0) is 20.8. The molecule has 2 aromatic carbocycles. The van der Waals surface area contributed by atoms with Crippen LogP contribution in [-0.4, -0.2) is 41.1 Å². The van der Waals surface area contributed by atoms with Gasteiger partial charge in [-0.05, 0) is 24.3 Å². The maximum Gasteiger partial charge on any atom is 0.308 e. The van der Waals surface area contributed by atoms with Gasteiger partial charge in [0.05, 0.1) is 22.6 Å². The molecule has 0 fully saturated rings. The molecular weight excluding hydrogens is 464 g/mol. The van der Waals surface area contributed by atoms with Crippen molar-refractivity contribution in [2.75, 3.05) is 18.5 Å². The van der Waals surface area contributed by atoms with Gasteiger partial charge in [0.2, 0.25) is 0 Å². The maximum absolute atomic E-state index is 12.2. The van der Waals surface area contributed by atoms with E-state index in [9.17, 15) is 14.4 Å². The predicted molar refractivity (Wildman–Crippen MR) is 112 cm³/mol. The molecule has 0 saturated heterocycles. The first-order valence-corrected chi connectivity index (χ1v) is 9.73. The lowest BCUT2D eigenvalue weighted by Crippen LogP contribution is -2.28. The van der Waals surface area contributed by atoms with Crippen molar-refractivity contribution < 1.29 is 19.1 Å². The number of fused-ring (bicyclic) bond motifs is 1. The summed E-state index contributed by atoms with van der Waals surface area (Å²) < 4.78 is 5.68. The normalized spacial score (nSPS) is 10.6. The summed E-state index contributed by atoms with van der Waals surface area (Å²) in [5.41, 5.74) is 1.41. The first-order chi connectivity index (χ1) is 13.9. The topological polar surface area (TPSA) is 113 Å². The molecule has 0 unspecified atom stereocenters. The number of anilines is 1. The molecule has 3 N–H and O–H groups in total. The molecule has 0 atom stereocenters. The van der Waals surface area contributed by atoms with Gasteiger partial charge >= 0.3 is 5.97 Å². The van der Waals surface area contributed by atoms with Gasteiger partial charge in [-0.1, -0.05) is 45.7 Å². The van der Waals surface area contributed by atoms with Crippen molar-refractivity contribution in [2.45, 2.75) is 6.42 Å². The zero-order valence-electron chi connectivity index (χ0n) is 15.0. The standard InChI is InChI=1S/C19H16BrClN4O4/c20-11-5-6-15(13(21)9-11)23-16(26)10-29-17(27)7-8-22-19(28)18-12-3-1-2-4-14(12)24-25-18/h1-6,9H,7-8,10H2,(H,22,28)(H,23,26)(H,24,25). The van der Waals surface area contributed by atoms with Crippen LogP contribution in [0.3, 0.4) is 0 Å². The van der Waals surface area contributed by atoms with E-state index in [2.05, 4.69) is 36.8 Å². The number of hydrogen-bond donors (Lipinski definition) is 3. The van der Waals surface area contributed by atoms with Crippen molar-refractivity contribution in [3.63, 3.8) is 0 Å². The fraction of sp³-hybridized carbons (Fsp3) is 0.158. The molecule has 0 aliphatic heterocycles. The van der Waals surface area contributed by atoms with E-state index in [0.29, 0.717) is 16.1 Å². The van der Waals surface area contributed by atoms with Crippen molar-refractivity contribution in [1.29, 1.82) is 0 Å². The number of nitrogens with zero attached hydrogens (tertiary/aromatic N) is 1. The Morgan fingerprint density at radius 3 is 2.76 bits per heavy atom. The molecule has 1 heterocycles. The second kappa shape index (κ2) is 9.53. The fourth-order valence-electron chi connectivity index (χ4n) is 2.49. The average molecular weight is 480 g/mol. The van der Waals surface area contributed by atoms with Crippen LogP contribution in [0, 0.1) is 0 Å². The zero-order valence-corrected chi connectivity index (χ0v) is 17.3. The Balaban J connectivity index is 1.40. The summed E-state index contributed by atoms with van der Waals surface area (Å²) in [6.07, 6.45) is -0.0829. The Bertz CT molecular complexity index is 1070. The number of aromatic nitrogens is 2. The molecule has 0 bridgehead atoms. The van der Waals surface area contributed by atoms with Crippen LogP contribution in [0.1, 0.15) is 16.9 Å². The smallest absolute Gasteiger partial charge is 0.308 e. The lowest BCUT2D eigenvalue weighted by molar-refractivity contribution is -0.147. The number of carbonyl (C=O) groups excluding carboxylic acids is 3. The number of benzene rings is 2. The van der Waals surface area contributed by atoms with Gasteiger partial charge in [-0.3, -0.25) is 19.5 Å². The van der Waals surface area contributed by atoms with Crippen LogP contribution < -0.4 is 10.6 Å². The van der Waals surface area contributed by atoms with E-state index in [0.717, 1.165) is 9.99 Å². The third-order valence-electron chi connectivity index (χ3n) is 3.87. The Kier molecular flexibility index (Phi) is 6.84. The van der Waals surface area contributed by atoms with Gasteiger partial charge in [0, 0.05) is 16.4 Å². The molecule has 1 aromatic heterocycles. The minimum Gasteiger partial charge on any atom is -0.456 e. The molecule has 0 saturated carbocycles. The summed E-state index contributed by atoms with van der Waals surface area (Å²) in [7, 11) is 0. The third-order valence-corrected chi connectivity index (χ3v) is 4.68. The molecule has 8 nitrogen and oxygen atoms in total. The van der Waals surface area contributed by atoms with E-state index in [1.54, 1.807) is 30.3 Å². The average Bonchev–Trinajstić information content (AvgIpc) is 3.13. The van der Waals surface area contributed by atoms with Gasteiger partial charge < -0.3 is 15.4 Å². The highest BCUT2D eigenvalue weighted by Gasteiger charge is 2.14. The van der Waals surface area contributed by atoms with Crippen molar-refractivity contribution >= 4 is 61.9 Å². The highest BCUT2D eigenvalue weighted by Crippen LogP contribution is 2.25. The van der Waals surface area contributed by atoms with Crippen LogP contribution >= 0.6 is 27.5 Å². The van der Waals surface area contributed by atoms with Crippen LogP contribution in [0.25, 0.3) is 10.9 Å². The number of esters is 1. The summed E-state index contributed by atoms with van der Waals surface area (Å²) in [5, 5.41) is 13.0. The molecule has 0 aliphatic carbocycles. The number of nitrogens with one attached hydrogen (secondary N) is 3. The number of H-pyrrole nitrogens is 1. The summed E-state index contributed by atoms with van der Waals surface area (Å²) >= 11 is 9.28. The number of carbonyl (C=O) groups is 3. The van der Waals surface area contributed by atoms with E-state index in [4.69, 9.17) is 16.3 Å². The Labute approximate surface area is 179 Å². The predicted octanol–water partition coefficient (Wildman–Crippen LogP) is 3.28. The quantitative estimate of drug-likeness (QED) is 0.450. The molecule has 0 radical (unpaired) electrons. The molecular formula is C19H16BrClN4O4. The summed E-state index contributed by atoms with van der Waals surface area (Å²) in [4.78, 5) is 35.9. The van der Waals surface area contributed by atoms with Crippen LogP contribution in [0.4, 0.5) is 5.69 Å². The van der Waals surface area contributed by atoms with Crippen molar-refractivity contribution in [3.8, 4) is 0 Å². The molecule has 29 heavy (non-hydrogen) atoms. The van der Waals surface area contributed by atoms with Crippen molar-refractivity contribution in [2.24, 2.45) is 0 Å². The molecule has 10 heteroatoms. The first-order valence-electron chi connectivity index (χ1n) is 8.56. The number of hydrogen-bond acceptors (Lipinski definition) is 5. The molecule has 2 amide bonds. The minimum atomic E-state index is -0.616. The van der Waals surface area contributed by atoms with Crippen LogP contribution in [0.2, 0.25) is 5.02 Å². The largest absolute Gasteiger partial charge is 0.456 e. The number of rotatable bonds is 7. The third kappa shape index (κ3) is 5.55. The molecule has 3 rings (SSSR count). The number of aromatic amines is 1. The van der Waals surface area contributed by atoms with E-state index in [1.807, 2.05) is 12.1 Å². The first kappa shape index (κ1) is 20.8. The van der Waals surface area contributed by atoms with Gasteiger partial charge in [-0.15, -0.1) is 0 Å². The number of halogens is 2. The van der Waals surface area contributed by atoms with Gasteiger partial charge in [0.15, 0.2) is 12.3 Å².